The number of carbonyl (C=O) groups excluding carboxylic acids is 1. The monoisotopic (exact) mass is 523 g/mol. The van der Waals surface area contributed by atoms with E-state index >= 15 is 0 Å². The molecule has 10 heteroatoms. The average Bonchev–Trinajstić information content (AvgIpc) is 3.18. The number of rotatable bonds is 9. The molecule has 4 N–H and O–H groups in total. The van der Waals surface area contributed by atoms with E-state index in [0.29, 0.717) is 28.1 Å². The summed E-state index contributed by atoms with van der Waals surface area (Å²) in [5.41, 5.74) is 8.90. The second-order valence-corrected chi connectivity index (χ2v) is 9.00. The Morgan fingerprint density at radius 1 is 1.06 bits per heavy atom. The standard InChI is InChI=1S/C26H25N5O3S.ClH/c1-30-22-12-9-18(26(34)31(14-13-24(32)33)19-5-3-2-4-6-19)15-21(22)29-23(30)16-35-20-10-7-17(8-11-20)25(27)28;/h2-12,15H,13-14,16H2,1H3,(H3,27,28)(H,32,33);1H. The molecule has 186 valence electrons. The fourth-order valence-corrected chi connectivity index (χ4v) is 4.59. The van der Waals surface area contributed by atoms with Crippen molar-refractivity contribution in [3.63, 3.8) is 0 Å². The third kappa shape index (κ3) is 6.05. The minimum atomic E-state index is -0.961. The largest absolute Gasteiger partial charge is 0.481 e. The fourth-order valence-electron chi connectivity index (χ4n) is 3.71. The summed E-state index contributed by atoms with van der Waals surface area (Å²) < 4.78 is 2.00. The topological polar surface area (TPSA) is 125 Å². The van der Waals surface area contributed by atoms with Crippen LogP contribution in [0.5, 0.6) is 0 Å². The first-order valence-corrected chi connectivity index (χ1v) is 11.9. The molecule has 0 aliphatic heterocycles. The van der Waals surface area contributed by atoms with Crippen molar-refractivity contribution in [1.82, 2.24) is 9.55 Å². The number of aryl methyl sites for hydroxylation is 1. The molecule has 4 aromatic rings. The summed E-state index contributed by atoms with van der Waals surface area (Å²) in [5, 5.41) is 16.6. The maximum absolute atomic E-state index is 13.3. The number of para-hydroxylation sites is 1. The van der Waals surface area contributed by atoms with Crippen molar-refractivity contribution in [3.8, 4) is 0 Å². The second-order valence-electron chi connectivity index (χ2n) is 7.95. The first kappa shape index (κ1) is 26.8. The molecule has 1 aromatic heterocycles. The van der Waals surface area contributed by atoms with Crippen LogP contribution in [0.4, 0.5) is 5.69 Å². The van der Waals surface area contributed by atoms with Gasteiger partial charge in [-0.3, -0.25) is 15.0 Å². The van der Waals surface area contributed by atoms with E-state index in [4.69, 9.17) is 21.2 Å². The lowest BCUT2D eigenvalue weighted by Crippen LogP contribution is -2.33. The van der Waals surface area contributed by atoms with Gasteiger partial charge in [-0.25, -0.2) is 4.98 Å². The van der Waals surface area contributed by atoms with E-state index in [1.165, 1.54) is 4.90 Å². The van der Waals surface area contributed by atoms with Crippen LogP contribution in [0.1, 0.15) is 28.2 Å². The lowest BCUT2D eigenvalue weighted by molar-refractivity contribution is -0.136. The first-order valence-electron chi connectivity index (χ1n) is 10.9. The molecule has 3 aromatic carbocycles. The Morgan fingerprint density at radius 3 is 2.36 bits per heavy atom. The number of aromatic nitrogens is 2. The number of fused-ring (bicyclic) bond motifs is 1. The smallest absolute Gasteiger partial charge is 0.305 e. The van der Waals surface area contributed by atoms with Crippen molar-refractivity contribution in [2.45, 2.75) is 17.1 Å². The molecule has 0 saturated carbocycles. The van der Waals surface area contributed by atoms with Gasteiger partial charge >= 0.3 is 5.97 Å². The number of carbonyl (C=O) groups is 2. The van der Waals surface area contributed by atoms with E-state index in [-0.39, 0.29) is 37.1 Å². The van der Waals surface area contributed by atoms with Crippen LogP contribution in [0.3, 0.4) is 0 Å². The van der Waals surface area contributed by atoms with Gasteiger partial charge in [0.15, 0.2) is 0 Å². The van der Waals surface area contributed by atoms with Crippen LogP contribution in [0, 0.1) is 5.41 Å². The number of amidine groups is 1. The predicted molar refractivity (Wildman–Crippen MR) is 145 cm³/mol. The number of carboxylic acid groups (broad SMARTS) is 1. The SMILES string of the molecule is Cl.Cn1c(CSc2ccc(C(=N)N)cc2)nc2cc(C(=O)N(CCC(=O)O)c3ccccc3)ccc21. The number of nitrogens with zero attached hydrogens (tertiary/aromatic N) is 3. The maximum Gasteiger partial charge on any atom is 0.305 e. The maximum atomic E-state index is 13.3. The Balaban J connectivity index is 0.00000361. The molecule has 0 aliphatic rings. The highest BCUT2D eigenvalue weighted by Gasteiger charge is 2.20. The highest BCUT2D eigenvalue weighted by molar-refractivity contribution is 7.98. The molecular weight excluding hydrogens is 498 g/mol. The number of imidazole rings is 1. The molecule has 0 atom stereocenters. The Hall–Kier alpha value is -3.82. The number of nitrogen functional groups attached to an aromatic ring is 1. The highest BCUT2D eigenvalue weighted by Crippen LogP contribution is 2.26. The number of nitrogens with one attached hydrogen (secondary N) is 1. The Bertz CT molecular complexity index is 1390. The Morgan fingerprint density at radius 2 is 1.72 bits per heavy atom. The van der Waals surface area contributed by atoms with Crippen molar-refractivity contribution in [2.24, 2.45) is 12.8 Å². The summed E-state index contributed by atoms with van der Waals surface area (Å²) in [5.74, 6) is 0.290. The quantitative estimate of drug-likeness (QED) is 0.166. The van der Waals surface area contributed by atoms with Gasteiger partial charge in [-0.15, -0.1) is 24.2 Å². The van der Waals surface area contributed by atoms with Gasteiger partial charge in [0.1, 0.15) is 11.7 Å². The van der Waals surface area contributed by atoms with Crippen LogP contribution < -0.4 is 10.6 Å². The molecule has 1 heterocycles. The molecule has 36 heavy (non-hydrogen) atoms. The number of halogens is 1. The first-order chi connectivity index (χ1) is 16.8. The van der Waals surface area contributed by atoms with Crippen molar-refractivity contribution in [1.29, 1.82) is 5.41 Å². The average molecular weight is 524 g/mol. The number of hydrogen-bond acceptors (Lipinski definition) is 5. The van der Waals surface area contributed by atoms with Crippen molar-refractivity contribution >= 4 is 58.6 Å². The summed E-state index contributed by atoms with van der Waals surface area (Å²) in [6.07, 6.45) is -0.152. The number of nitrogens with two attached hydrogens (primary N) is 1. The molecule has 0 bridgehead atoms. The van der Waals surface area contributed by atoms with Crippen molar-refractivity contribution < 1.29 is 14.7 Å². The fraction of sp³-hybridized carbons (Fsp3) is 0.154. The van der Waals surface area contributed by atoms with Crippen LogP contribution in [0.2, 0.25) is 0 Å². The molecule has 1 amide bonds. The van der Waals surface area contributed by atoms with Gasteiger partial charge in [0, 0.05) is 35.3 Å². The van der Waals surface area contributed by atoms with Crippen LogP contribution >= 0.6 is 24.2 Å². The zero-order chi connectivity index (χ0) is 24.9. The van der Waals surface area contributed by atoms with E-state index in [1.54, 1.807) is 36.0 Å². The van der Waals surface area contributed by atoms with Gasteiger partial charge in [-0.1, -0.05) is 30.3 Å². The number of anilines is 1. The Labute approximate surface area is 219 Å². The number of carboxylic acids is 1. The van der Waals surface area contributed by atoms with E-state index in [9.17, 15) is 9.59 Å². The number of hydrogen-bond donors (Lipinski definition) is 3. The van der Waals surface area contributed by atoms with Crippen LogP contribution in [-0.4, -0.2) is 38.9 Å². The summed E-state index contributed by atoms with van der Waals surface area (Å²) in [6, 6.07) is 21.9. The van der Waals surface area contributed by atoms with Crippen molar-refractivity contribution in [3.05, 3.63) is 89.7 Å². The summed E-state index contributed by atoms with van der Waals surface area (Å²) >= 11 is 1.62. The molecule has 0 saturated heterocycles. The van der Waals surface area contributed by atoms with Crippen molar-refractivity contribution in [2.75, 3.05) is 11.4 Å². The molecule has 0 spiro atoms. The number of benzene rings is 3. The van der Waals surface area contributed by atoms with Crippen LogP contribution in [0.15, 0.2) is 77.7 Å². The normalized spacial score (nSPS) is 10.6. The van der Waals surface area contributed by atoms with E-state index in [0.717, 1.165) is 16.2 Å². The highest BCUT2D eigenvalue weighted by atomic mass is 35.5. The predicted octanol–water partition coefficient (Wildman–Crippen LogP) is 4.69. The van der Waals surface area contributed by atoms with Crippen LogP contribution in [-0.2, 0) is 17.6 Å². The van der Waals surface area contributed by atoms with Gasteiger partial charge in [0.05, 0.1) is 23.2 Å². The zero-order valence-electron chi connectivity index (χ0n) is 19.5. The lowest BCUT2D eigenvalue weighted by Gasteiger charge is -2.22. The molecular formula is C26H26ClN5O3S. The second kappa shape index (κ2) is 11.7. The van der Waals surface area contributed by atoms with Gasteiger partial charge < -0.3 is 20.3 Å². The summed E-state index contributed by atoms with van der Waals surface area (Å²) in [7, 11) is 1.94. The minimum absolute atomic E-state index is 0. The van der Waals surface area contributed by atoms with Gasteiger partial charge in [0.2, 0.25) is 0 Å². The van der Waals surface area contributed by atoms with E-state index in [1.807, 2.05) is 60.1 Å². The van der Waals surface area contributed by atoms with Gasteiger partial charge in [-0.05, 0) is 42.5 Å². The van der Waals surface area contributed by atoms with E-state index in [2.05, 4.69) is 0 Å². The molecule has 0 fully saturated rings. The third-order valence-corrected chi connectivity index (χ3v) is 6.62. The van der Waals surface area contributed by atoms with Gasteiger partial charge in [-0.2, -0.15) is 0 Å². The van der Waals surface area contributed by atoms with E-state index < -0.39 is 5.97 Å². The number of amides is 1. The lowest BCUT2D eigenvalue weighted by atomic mass is 10.1. The molecule has 4 rings (SSSR count). The third-order valence-electron chi connectivity index (χ3n) is 5.62. The minimum Gasteiger partial charge on any atom is -0.481 e. The summed E-state index contributed by atoms with van der Waals surface area (Å²) in [6.45, 7) is 0.0722. The van der Waals surface area contributed by atoms with Crippen LogP contribution in [0.25, 0.3) is 11.0 Å². The Kier molecular flexibility index (Phi) is 8.73. The zero-order valence-corrected chi connectivity index (χ0v) is 21.2. The summed E-state index contributed by atoms with van der Waals surface area (Å²) in [4.78, 5) is 31.8. The number of thioether (sulfide) groups is 1. The molecule has 0 aliphatic carbocycles. The molecule has 0 unspecified atom stereocenters. The molecule has 8 nitrogen and oxygen atoms in total. The van der Waals surface area contributed by atoms with Gasteiger partial charge in [0.25, 0.3) is 5.91 Å². The molecule has 0 radical (unpaired) electrons. The number of aliphatic carboxylic acids is 1.